The maximum Gasteiger partial charge on any atom is 0.319 e. The number of carbonyl (C=O) groups is 1. The minimum absolute atomic E-state index is 0.257. The quantitative estimate of drug-likeness (QED) is 0.564. The summed E-state index contributed by atoms with van der Waals surface area (Å²) in [5.74, 6) is 0. The van der Waals surface area contributed by atoms with E-state index in [0.29, 0.717) is 18.6 Å². The van der Waals surface area contributed by atoms with Crippen molar-refractivity contribution in [3.63, 3.8) is 0 Å². The SMILES string of the molecule is O=C(NCc1ccc(N2[C@@H]3CCC[C@H]2CC3)c(Cl)c1)Nc1cccc2[nH]ncc12. The third-order valence-corrected chi connectivity index (χ3v) is 6.47. The van der Waals surface area contributed by atoms with E-state index in [9.17, 15) is 4.79 Å². The van der Waals surface area contributed by atoms with Gasteiger partial charge in [-0.3, -0.25) is 5.10 Å². The molecule has 0 aliphatic carbocycles. The Morgan fingerprint density at radius 2 is 2.00 bits per heavy atom. The summed E-state index contributed by atoms with van der Waals surface area (Å²) in [6.45, 7) is 0.417. The van der Waals surface area contributed by atoms with E-state index in [2.05, 4.69) is 37.9 Å². The first-order valence-electron chi connectivity index (χ1n) is 10.2. The van der Waals surface area contributed by atoms with Gasteiger partial charge in [0.2, 0.25) is 0 Å². The van der Waals surface area contributed by atoms with Crippen LogP contribution in [0, 0.1) is 0 Å². The number of carbonyl (C=O) groups excluding carboxylic acids is 1. The van der Waals surface area contributed by atoms with E-state index >= 15 is 0 Å². The summed E-state index contributed by atoms with van der Waals surface area (Å²) < 4.78 is 0. The van der Waals surface area contributed by atoms with Gasteiger partial charge < -0.3 is 15.5 Å². The third-order valence-electron chi connectivity index (χ3n) is 6.17. The van der Waals surface area contributed by atoms with Crippen LogP contribution in [0.2, 0.25) is 5.02 Å². The minimum atomic E-state index is -0.257. The van der Waals surface area contributed by atoms with Crippen molar-refractivity contribution in [1.29, 1.82) is 0 Å². The lowest BCUT2D eigenvalue weighted by molar-refractivity contribution is 0.252. The van der Waals surface area contributed by atoms with Gasteiger partial charge in [0, 0.05) is 24.0 Å². The first kappa shape index (κ1) is 18.3. The molecule has 0 unspecified atom stereocenters. The monoisotopic (exact) mass is 409 g/mol. The number of nitrogens with one attached hydrogen (secondary N) is 3. The Labute approximate surface area is 174 Å². The Hall–Kier alpha value is -2.73. The smallest absolute Gasteiger partial charge is 0.319 e. The van der Waals surface area contributed by atoms with Gasteiger partial charge in [0.05, 0.1) is 28.1 Å². The first-order valence-corrected chi connectivity index (χ1v) is 10.6. The molecule has 6 nitrogen and oxygen atoms in total. The summed E-state index contributed by atoms with van der Waals surface area (Å²) >= 11 is 6.64. The zero-order chi connectivity index (χ0) is 19.8. The minimum Gasteiger partial charge on any atom is -0.364 e. The van der Waals surface area contributed by atoms with Gasteiger partial charge in [-0.25, -0.2) is 4.79 Å². The Balaban J connectivity index is 1.24. The number of halogens is 1. The Kier molecular flexibility index (Phi) is 4.79. The van der Waals surface area contributed by atoms with Gasteiger partial charge in [0.25, 0.3) is 0 Å². The molecule has 0 spiro atoms. The molecular weight excluding hydrogens is 386 g/mol. The van der Waals surface area contributed by atoms with Crippen molar-refractivity contribution in [3.8, 4) is 0 Å². The summed E-state index contributed by atoms with van der Waals surface area (Å²) in [4.78, 5) is 14.9. The topological polar surface area (TPSA) is 73.1 Å². The molecule has 5 rings (SSSR count). The van der Waals surface area contributed by atoms with Crippen molar-refractivity contribution in [2.45, 2.75) is 50.7 Å². The maximum absolute atomic E-state index is 12.4. The molecule has 29 heavy (non-hydrogen) atoms. The summed E-state index contributed by atoms with van der Waals surface area (Å²) in [5, 5.41) is 14.4. The van der Waals surface area contributed by atoms with E-state index < -0.39 is 0 Å². The molecule has 3 N–H and O–H groups in total. The highest BCUT2D eigenvalue weighted by Crippen LogP contribution is 2.42. The molecule has 7 heteroatoms. The zero-order valence-corrected chi connectivity index (χ0v) is 16.9. The van der Waals surface area contributed by atoms with E-state index in [1.807, 2.05) is 24.3 Å². The van der Waals surface area contributed by atoms with Crippen molar-refractivity contribution in [1.82, 2.24) is 15.5 Å². The average molecular weight is 410 g/mol. The second-order valence-electron chi connectivity index (χ2n) is 7.95. The van der Waals surface area contributed by atoms with E-state index in [4.69, 9.17) is 11.6 Å². The van der Waals surface area contributed by atoms with Crippen molar-refractivity contribution >= 4 is 39.9 Å². The molecule has 2 aliphatic rings. The van der Waals surface area contributed by atoms with Crippen molar-refractivity contribution in [2.75, 3.05) is 10.2 Å². The first-order chi connectivity index (χ1) is 14.2. The van der Waals surface area contributed by atoms with Crippen LogP contribution in [-0.2, 0) is 6.54 Å². The Morgan fingerprint density at radius 1 is 1.17 bits per heavy atom. The molecule has 2 saturated heterocycles. The van der Waals surface area contributed by atoms with Gasteiger partial charge in [0.1, 0.15) is 0 Å². The molecule has 2 atom stereocenters. The number of aromatic nitrogens is 2. The summed E-state index contributed by atoms with van der Waals surface area (Å²) in [6, 6.07) is 12.8. The van der Waals surface area contributed by atoms with Gasteiger partial charge in [0.15, 0.2) is 0 Å². The van der Waals surface area contributed by atoms with Crippen LogP contribution in [-0.4, -0.2) is 28.3 Å². The highest BCUT2D eigenvalue weighted by Gasteiger charge is 2.37. The number of hydrogen-bond acceptors (Lipinski definition) is 3. The van der Waals surface area contributed by atoms with Crippen LogP contribution in [0.1, 0.15) is 37.7 Å². The highest BCUT2D eigenvalue weighted by atomic mass is 35.5. The van der Waals surface area contributed by atoms with Crippen LogP contribution in [0.5, 0.6) is 0 Å². The van der Waals surface area contributed by atoms with Crippen LogP contribution in [0.4, 0.5) is 16.2 Å². The third kappa shape index (κ3) is 3.53. The second-order valence-corrected chi connectivity index (χ2v) is 8.36. The largest absolute Gasteiger partial charge is 0.364 e. The normalized spacial score (nSPS) is 20.8. The van der Waals surface area contributed by atoms with Gasteiger partial charge in [-0.05, 0) is 61.9 Å². The van der Waals surface area contributed by atoms with E-state index in [1.165, 1.54) is 32.1 Å². The van der Waals surface area contributed by atoms with Crippen LogP contribution in [0.3, 0.4) is 0 Å². The average Bonchev–Trinajstić information content (AvgIpc) is 3.29. The second kappa shape index (κ2) is 7.59. The van der Waals surface area contributed by atoms with Crippen LogP contribution in [0.15, 0.2) is 42.6 Å². The lowest BCUT2D eigenvalue weighted by Crippen LogP contribution is -2.39. The summed E-state index contributed by atoms with van der Waals surface area (Å²) in [7, 11) is 0. The molecule has 3 heterocycles. The lowest BCUT2D eigenvalue weighted by atomic mass is 10.0. The number of anilines is 2. The zero-order valence-electron chi connectivity index (χ0n) is 16.1. The molecule has 150 valence electrons. The Bertz CT molecular complexity index is 1030. The molecule has 2 amide bonds. The van der Waals surface area contributed by atoms with Crippen LogP contribution in [0.25, 0.3) is 10.9 Å². The highest BCUT2D eigenvalue weighted by molar-refractivity contribution is 6.33. The lowest BCUT2D eigenvalue weighted by Gasteiger charge is -2.37. The van der Waals surface area contributed by atoms with E-state index in [-0.39, 0.29) is 6.03 Å². The summed E-state index contributed by atoms with van der Waals surface area (Å²) in [6.07, 6.45) is 8.10. The van der Waals surface area contributed by atoms with Gasteiger partial charge in [-0.2, -0.15) is 5.10 Å². The Morgan fingerprint density at radius 3 is 2.79 bits per heavy atom. The number of nitrogens with zero attached hydrogens (tertiary/aromatic N) is 2. The van der Waals surface area contributed by atoms with Crippen LogP contribution < -0.4 is 15.5 Å². The molecule has 0 radical (unpaired) electrons. The number of amides is 2. The van der Waals surface area contributed by atoms with Crippen LogP contribution >= 0.6 is 11.6 Å². The molecule has 1 aromatic heterocycles. The van der Waals surface area contributed by atoms with Gasteiger partial charge in [-0.15, -0.1) is 0 Å². The predicted molar refractivity (Wildman–Crippen MR) is 117 cm³/mol. The molecular formula is C22H24ClN5O. The number of hydrogen-bond donors (Lipinski definition) is 3. The van der Waals surface area contributed by atoms with E-state index in [1.54, 1.807) is 6.20 Å². The number of piperidine rings is 1. The van der Waals surface area contributed by atoms with E-state index in [0.717, 1.165) is 32.9 Å². The molecule has 3 aromatic rings. The number of aromatic amines is 1. The number of benzene rings is 2. The van der Waals surface area contributed by atoms with Gasteiger partial charge >= 0.3 is 6.03 Å². The number of H-pyrrole nitrogens is 1. The maximum atomic E-state index is 12.4. The number of fused-ring (bicyclic) bond motifs is 3. The number of urea groups is 1. The molecule has 2 fully saturated rings. The van der Waals surface area contributed by atoms with Crippen molar-refractivity contribution < 1.29 is 4.79 Å². The van der Waals surface area contributed by atoms with Gasteiger partial charge in [-0.1, -0.05) is 23.7 Å². The molecule has 2 aliphatic heterocycles. The fourth-order valence-electron chi connectivity index (χ4n) is 4.81. The van der Waals surface area contributed by atoms with Crippen molar-refractivity contribution in [3.05, 3.63) is 53.2 Å². The standard InChI is InChI=1S/C22H24ClN5O/c23-18-11-14(7-10-21(18)28-15-3-1-4-16(28)9-8-15)12-24-22(29)26-19-5-2-6-20-17(19)13-25-27-20/h2,5-7,10-11,13,15-16H,1,3-4,8-9,12H2,(H,25,27)(H2,24,26,29)/t15-,16+. The molecule has 2 bridgehead atoms. The summed E-state index contributed by atoms with van der Waals surface area (Å²) in [5.41, 5.74) is 3.73. The van der Waals surface area contributed by atoms with Crippen molar-refractivity contribution in [2.24, 2.45) is 0 Å². The molecule has 2 aromatic carbocycles. The fraction of sp³-hybridized carbons (Fsp3) is 0.364. The molecule has 0 saturated carbocycles. The number of rotatable bonds is 4. The fourth-order valence-corrected chi connectivity index (χ4v) is 5.11. The predicted octanol–water partition coefficient (Wildman–Crippen LogP) is 5.06.